The average molecular weight is 191 g/mol. The molecule has 0 saturated carbocycles. The van der Waals surface area contributed by atoms with Crippen LogP contribution in [0.25, 0.3) is 5.88 Å². The SMILES string of the molecule is C=C(OO)n1c(O)csc1=S. The van der Waals surface area contributed by atoms with E-state index >= 15 is 0 Å². The summed E-state index contributed by atoms with van der Waals surface area (Å²) >= 11 is 5.94. The summed E-state index contributed by atoms with van der Waals surface area (Å²) in [5, 5.41) is 18.7. The first-order valence-corrected chi connectivity index (χ1v) is 3.86. The van der Waals surface area contributed by atoms with E-state index < -0.39 is 0 Å². The van der Waals surface area contributed by atoms with Crippen LogP contribution in [-0.2, 0) is 4.89 Å². The highest BCUT2D eigenvalue weighted by molar-refractivity contribution is 7.73. The Morgan fingerprint density at radius 3 is 2.82 bits per heavy atom. The van der Waals surface area contributed by atoms with E-state index in [2.05, 4.69) is 11.5 Å². The highest BCUT2D eigenvalue weighted by atomic mass is 32.1. The van der Waals surface area contributed by atoms with Crippen molar-refractivity contribution in [1.29, 1.82) is 0 Å². The van der Waals surface area contributed by atoms with E-state index in [1.807, 2.05) is 0 Å². The van der Waals surface area contributed by atoms with E-state index in [4.69, 9.17) is 22.6 Å². The van der Waals surface area contributed by atoms with Gasteiger partial charge in [-0.05, 0) is 18.8 Å². The Kier molecular flexibility index (Phi) is 2.28. The summed E-state index contributed by atoms with van der Waals surface area (Å²) in [7, 11) is 0. The largest absolute Gasteiger partial charge is 0.494 e. The van der Waals surface area contributed by atoms with Gasteiger partial charge >= 0.3 is 0 Å². The molecular weight excluding hydrogens is 186 g/mol. The van der Waals surface area contributed by atoms with Crippen LogP contribution in [0.2, 0.25) is 0 Å². The lowest BCUT2D eigenvalue weighted by Crippen LogP contribution is -1.95. The third kappa shape index (κ3) is 1.42. The molecule has 6 heteroatoms. The second-order valence-electron chi connectivity index (χ2n) is 1.68. The first-order chi connectivity index (χ1) is 5.16. The number of rotatable bonds is 2. The van der Waals surface area contributed by atoms with E-state index in [9.17, 15) is 0 Å². The van der Waals surface area contributed by atoms with Crippen LogP contribution in [0.5, 0.6) is 5.88 Å². The van der Waals surface area contributed by atoms with Crippen molar-refractivity contribution in [3.05, 3.63) is 15.9 Å². The van der Waals surface area contributed by atoms with Gasteiger partial charge in [0.05, 0.1) is 5.38 Å². The molecule has 0 atom stereocenters. The standard InChI is InChI=1S/C5H5NO3S2/c1-3(9-8)6-4(7)2-11-5(6)10/h2,7-8H,1H2. The van der Waals surface area contributed by atoms with Crippen molar-refractivity contribution in [3.63, 3.8) is 0 Å². The number of hydrogen-bond donors (Lipinski definition) is 2. The molecule has 0 aromatic carbocycles. The normalized spacial score (nSPS) is 9.55. The predicted molar refractivity (Wildman–Crippen MR) is 43.9 cm³/mol. The Balaban J connectivity index is 3.21. The highest BCUT2D eigenvalue weighted by Crippen LogP contribution is 2.21. The van der Waals surface area contributed by atoms with Gasteiger partial charge in [-0.1, -0.05) is 0 Å². The lowest BCUT2D eigenvalue weighted by Gasteiger charge is -2.01. The molecule has 60 valence electrons. The zero-order chi connectivity index (χ0) is 8.43. The van der Waals surface area contributed by atoms with Crippen molar-refractivity contribution in [2.75, 3.05) is 0 Å². The van der Waals surface area contributed by atoms with Gasteiger partial charge in [0.1, 0.15) is 0 Å². The Bertz CT molecular complexity index is 327. The number of nitrogens with zero attached hydrogens (tertiary/aromatic N) is 1. The van der Waals surface area contributed by atoms with Crippen LogP contribution >= 0.6 is 23.6 Å². The third-order valence-electron chi connectivity index (χ3n) is 1.03. The van der Waals surface area contributed by atoms with Crippen LogP contribution in [0.15, 0.2) is 12.0 Å². The van der Waals surface area contributed by atoms with Crippen molar-refractivity contribution in [1.82, 2.24) is 4.57 Å². The number of aromatic hydroxyl groups is 1. The van der Waals surface area contributed by atoms with Crippen LogP contribution in [0, 0.1) is 3.95 Å². The van der Waals surface area contributed by atoms with Gasteiger partial charge < -0.3 is 9.99 Å². The minimum absolute atomic E-state index is 0.0981. The van der Waals surface area contributed by atoms with Gasteiger partial charge in [-0.25, -0.2) is 9.82 Å². The summed E-state index contributed by atoms with van der Waals surface area (Å²) in [5.74, 6) is -0.215. The van der Waals surface area contributed by atoms with E-state index in [0.717, 1.165) is 15.9 Å². The van der Waals surface area contributed by atoms with Crippen LogP contribution in [0.4, 0.5) is 0 Å². The average Bonchev–Trinajstić information content (AvgIpc) is 2.30. The Labute approximate surface area is 71.5 Å². The van der Waals surface area contributed by atoms with Crippen molar-refractivity contribution >= 4 is 29.4 Å². The Morgan fingerprint density at radius 1 is 1.82 bits per heavy atom. The molecule has 0 unspecified atom stereocenters. The summed E-state index contributed by atoms with van der Waals surface area (Å²) in [6.07, 6.45) is 0. The monoisotopic (exact) mass is 191 g/mol. The van der Waals surface area contributed by atoms with Crippen molar-refractivity contribution in [3.8, 4) is 5.88 Å². The fraction of sp³-hybridized carbons (Fsp3) is 0. The van der Waals surface area contributed by atoms with Gasteiger partial charge in [0.25, 0.3) is 0 Å². The van der Waals surface area contributed by atoms with Crippen molar-refractivity contribution < 1.29 is 15.3 Å². The first kappa shape index (κ1) is 8.25. The molecule has 4 nitrogen and oxygen atoms in total. The smallest absolute Gasteiger partial charge is 0.238 e. The zero-order valence-corrected chi connectivity index (χ0v) is 6.98. The van der Waals surface area contributed by atoms with Gasteiger partial charge in [-0.2, -0.15) is 0 Å². The summed E-state index contributed by atoms with van der Waals surface area (Å²) in [6, 6.07) is 0. The Morgan fingerprint density at radius 2 is 2.45 bits per heavy atom. The van der Waals surface area contributed by atoms with Gasteiger partial charge in [-0.15, -0.1) is 11.3 Å². The number of hydrogen-bond acceptors (Lipinski definition) is 5. The van der Waals surface area contributed by atoms with Crippen LogP contribution in [0.1, 0.15) is 0 Å². The molecule has 1 aromatic heterocycles. The maximum Gasteiger partial charge on any atom is 0.238 e. The number of thiazole rings is 1. The molecule has 0 aliphatic carbocycles. The molecule has 0 aliphatic rings. The highest BCUT2D eigenvalue weighted by Gasteiger charge is 2.06. The summed E-state index contributed by atoms with van der Waals surface area (Å²) in [5.41, 5.74) is 0. The van der Waals surface area contributed by atoms with Gasteiger partial charge in [0, 0.05) is 0 Å². The second-order valence-corrected chi connectivity index (χ2v) is 3.18. The summed E-state index contributed by atoms with van der Waals surface area (Å²) < 4.78 is 1.47. The van der Waals surface area contributed by atoms with E-state index in [-0.39, 0.29) is 11.8 Å². The molecule has 0 radical (unpaired) electrons. The summed E-state index contributed by atoms with van der Waals surface area (Å²) in [4.78, 5) is 3.80. The molecule has 1 aromatic rings. The molecule has 1 heterocycles. The number of aromatic nitrogens is 1. The molecule has 11 heavy (non-hydrogen) atoms. The molecule has 0 amide bonds. The van der Waals surface area contributed by atoms with Crippen LogP contribution in [0.3, 0.4) is 0 Å². The minimum atomic E-state index is -0.117. The maximum absolute atomic E-state index is 9.09. The molecule has 0 fully saturated rings. The van der Waals surface area contributed by atoms with Crippen molar-refractivity contribution in [2.24, 2.45) is 0 Å². The first-order valence-electron chi connectivity index (χ1n) is 2.57. The molecule has 0 aliphatic heterocycles. The maximum atomic E-state index is 9.09. The van der Waals surface area contributed by atoms with E-state index in [1.54, 1.807) is 0 Å². The molecule has 2 N–H and O–H groups in total. The van der Waals surface area contributed by atoms with Crippen LogP contribution in [-0.4, -0.2) is 14.9 Å². The van der Waals surface area contributed by atoms with Gasteiger partial charge in [0.15, 0.2) is 3.95 Å². The van der Waals surface area contributed by atoms with Gasteiger partial charge in [-0.3, -0.25) is 0 Å². The topological polar surface area (TPSA) is 54.6 Å². The second kappa shape index (κ2) is 3.04. The lowest BCUT2D eigenvalue weighted by molar-refractivity contribution is -0.176. The zero-order valence-electron chi connectivity index (χ0n) is 5.35. The van der Waals surface area contributed by atoms with Crippen LogP contribution < -0.4 is 0 Å². The molecule has 0 spiro atoms. The molecular formula is C5H5NO3S2. The predicted octanol–water partition coefficient (Wildman–Crippen LogP) is 1.90. The third-order valence-corrected chi connectivity index (χ3v) is 2.22. The van der Waals surface area contributed by atoms with Gasteiger partial charge in [0.2, 0.25) is 11.8 Å². The van der Waals surface area contributed by atoms with E-state index in [0.29, 0.717) is 3.95 Å². The van der Waals surface area contributed by atoms with Crippen molar-refractivity contribution in [2.45, 2.75) is 0 Å². The molecule has 1 rings (SSSR count). The fourth-order valence-corrected chi connectivity index (χ4v) is 1.52. The minimum Gasteiger partial charge on any atom is -0.494 e. The lowest BCUT2D eigenvalue weighted by atomic mass is 10.7. The molecule has 0 saturated heterocycles. The Hall–Kier alpha value is -0.850. The molecule has 0 bridgehead atoms. The quantitative estimate of drug-likeness (QED) is 0.324. The summed E-state index contributed by atoms with van der Waals surface area (Å²) in [6.45, 7) is 3.31. The van der Waals surface area contributed by atoms with E-state index in [1.165, 1.54) is 5.38 Å². The fourth-order valence-electron chi connectivity index (χ4n) is 0.572.